The van der Waals surface area contributed by atoms with Crippen molar-refractivity contribution in [2.45, 2.75) is 73.6 Å². The molecule has 380 valence electrons. The van der Waals surface area contributed by atoms with E-state index in [0.29, 0.717) is 0 Å². The molecule has 0 aliphatic carbocycles. The highest BCUT2D eigenvalue weighted by Crippen LogP contribution is 2.53. The summed E-state index contributed by atoms with van der Waals surface area (Å²) in [5, 5.41) is 54.1. The number of hydrogen-bond acceptors (Lipinski definition) is 29. The number of nitrogens with two attached hydrogens (primary N) is 3. The van der Waals surface area contributed by atoms with Gasteiger partial charge in [0.15, 0.2) is 53.1 Å². The van der Waals surface area contributed by atoms with E-state index in [1.807, 2.05) is 0 Å². The number of nitrogen functional groups attached to an aromatic ring is 3. The fraction of sp³-hybridized carbons (Fsp3) is 0.531. The lowest BCUT2D eigenvalue weighted by Crippen LogP contribution is -2.37. The van der Waals surface area contributed by atoms with Gasteiger partial charge in [0.05, 0.1) is 52.0 Å². The number of aliphatic hydroxyl groups is 5. The number of phosphoric ester groups is 1. The standard InChI is InChI=1S/C32H42N15O18P3S2/c33-24-15-27(39-6-36-24)45(9-42-15)30-21(52)18(49)12(61-30)4-59-67(55,69)65-23-20(51)14(63-32(23)47-11-44-17-26(35)38-8-41-29(17)47)5-60-68(56,70)64-22-19(50)13(3-58-66(53,54)57-2-1-48)62-31(22)46-10-43-16-25(34)37-7-40-28(16)46/h6-14,18-23,30-32,48-52H,1-5H2,(H,53,54)(H,55,69)(H,56,70)(H2,33,36,39)(H2,34,37,40)(H2,35,38,41)/t12-,13-,14-,18?,19?,20?,21+,22+,23+,30-,31-,32-,67?,68?/m1/s1. The molecule has 15 atom stereocenters. The highest BCUT2D eigenvalue weighted by molar-refractivity contribution is 8.07. The first kappa shape index (κ1) is 50.8. The van der Waals surface area contributed by atoms with Crippen molar-refractivity contribution in [2.24, 2.45) is 0 Å². The van der Waals surface area contributed by atoms with Gasteiger partial charge in [-0.3, -0.25) is 31.8 Å². The Morgan fingerprint density at radius 3 is 1.33 bits per heavy atom. The summed E-state index contributed by atoms with van der Waals surface area (Å²) in [4.78, 5) is 69.8. The zero-order valence-electron chi connectivity index (χ0n) is 35.3. The SMILES string of the molecule is Nc1ncnc2c1ncn2[C@@H]1O[C@H](COP(O)(=S)O[C@H]2C(O)[C@@H](COP(O)(=S)O[C@H]3C(O)[C@@H](COP(=O)(O)OCCO)O[C@H]3n3cnc4c(N)ncnc43)O[C@H]2n2cnc3c(N)ncnc32)C(O)[C@@H]1O. The molecule has 0 radical (unpaired) electrons. The average molecular weight is 1080 g/mol. The third-order valence-corrected chi connectivity index (χ3v) is 15.1. The van der Waals surface area contributed by atoms with Gasteiger partial charge in [0, 0.05) is 0 Å². The normalized spacial score (nSPS) is 30.9. The number of fused-ring (bicyclic) bond motifs is 3. The molecule has 6 aromatic heterocycles. The smallest absolute Gasteiger partial charge is 0.394 e. The lowest BCUT2D eigenvalue weighted by molar-refractivity contribution is -0.0591. The fourth-order valence-corrected chi connectivity index (χ4v) is 11.3. The van der Waals surface area contributed by atoms with Gasteiger partial charge in [-0.05, 0) is 23.6 Å². The molecule has 9 rings (SSSR count). The maximum atomic E-state index is 12.4. The van der Waals surface area contributed by atoms with Crippen molar-refractivity contribution in [2.75, 3.05) is 50.2 Å². The Morgan fingerprint density at radius 1 is 0.543 bits per heavy atom. The Balaban J connectivity index is 0.914. The molecule has 3 fully saturated rings. The van der Waals surface area contributed by atoms with Gasteiger partial charge >= 0.3 is 21.3 Å². The van der Waals surface area contributed by atoms with Crippen LogP contribution < -0.4 is 17.2 Å². The van der Waals surface area contributed by atoms with Crippen LogP contribution in [-0.4, -0.2) is 187 Å². The van der Waals surface area contributed by atoms with Crippen LogP contribution in [0.3, 0.4) is 0 Å². The number of phosphoric acid groups is 1. The molecule has 6 aromatic rings. The predicted molar refractivity (Wildman–Crippen MR) is 238 cm³/mol. The fourth-order valence-electron chi connectivity index (χ4n) is 7.72. The summed E-state index contributed by atoms with van der Waals surface area (Å²) in [6.45, 7) is -12.4. The van der Waals surface area contributed by atoms with E-state index in [4.69, 9.17) is 82.8 Å². The van der Waals surface area contributed by atoms with Crippen LogP contribution in [0.2, 0.25) is 0 Å². The number of imidazole rings is 3. The molecule has 6 unspecified atom stereocenters. The number of aromatic nitrogens is 12. The largest absolute Gasteiger partial charge is 0.472 e. The summed E-state index contributed by atoms with van der Waals surface area (Å²) in [6, 6.07) is 0. The summed E-state index contributed by atoms with van der Waals surface area (Å²) in [7, 11) is -4.76. The number of nitrogens with zero attached hydrogens (tertiary/aromatic N) is 12. The van der Waals surface area contributed by atoms with Gasteiger partial charge < -0.3 is 80.7 Å². The van der Waals surface area contributed by atoms with E-state index in [0.717, 1.165) is 12.7 Å². The summed E-state index contributed by atoms with van der Waals surface area (Å²) in [5.74, 6) is 0.0240. The first-order valence-corrected chi connectivity index (χ1v) is 27.0. The molecule has 0 spiro atoms. The van der Waals surface area contributed by atoms with Crippen LogP contribution in [0.15, 0.2) is 38.0 Å². The zero-order chi connectivity index (χ0) is 49.9. The number of hydrogen-bond donors (Lipinski definition) is 11. The summed E-state index contributed by atoms with van der Waals surface area (Å²) < 4.78 is 66.9. The molecule has 33 nitrogen and oxygen atoms in total. The van der Waals surface area contributed by atoms with Crippen LogP contribution in [-0.2, 0) is 69.5 Å². The molecule has 3 saturated heterocycles. The van der Waals surface area contributed by atoms with Crippen molar-refractivity contribution < 1.29 is 86.1 Å². The van der Waals surface area contributed by atoms with Gasteiger partial charge in [0.2, 0.25) is 0 Å². The van der Waals surface area contributed by atoms with Crippen molar-refractivity contribution in [3.63, 3.8) is 0 Å². The lowest BCUT2D eigenvalue weighted by atomic mass is 10.1. The molecule has 0 saturated carbocycles. The van der Waals surface area contributed by atoms with Crippen molar-refractivity contribution in [1.82, 2.24) is 58.6 Å². The average Bonchev–Trinajstić information content (AvgIpc) is 4.18. The monoisotopic (exact) mass is 1080 g/mol. The number of aliphatic hydroxyl groups excluding tert-OH is 5. The topological polar surface area (TPSA) is 471 Å². The Morgan fingerprint density at radius 2 is 0.914 bits per heavy atom. The Labute approximate surface area is 401 Å². The van der Waals surface area contributed by atoms with E-state index in [2.05, 4.69) is 49.4 Å². The van der Waals surface area contributed by atoms with E-state index in [1.54, 1.807) is 0 Å². The summed E-state index contributed by atoms with van der Waals surface area (Å²) >= 11 is 10.7. The predicted octanol–water partition coefficient (Wildman–Crippen LogP) is -3.25. The van der Waals surface area contributed by atoms with Gasteiger partial charge in [-0.2, -0.15) is 0 Å². The Hall–Kier alpha value is -4.10. The van der Waals surface area contributed by atoms with Gasteiger partial charge in [0.25, 0.3) is 0 Å². The van der Waals surface area contributed by atoms with E-state index in [1.165, 1.54) is 39.0 Å². The molecular formula is C32H42N15O18P3S2. The molecule has 38 heteroatoms. The second kappa shape index (κ2) is 20.1. The number of rotatable bonds is 19. The van der Waals surface area contributed by atoms with Crippen LogP contribution >= 0.6 is 21.3 Å². The van der Waals surface area contributed by atoms with Crippen LogP contribution in [0.25, 0.3) is 33.5 Å². The number of anilines is 3. The molecule has 9 heterocycles. The first-order valence-electron chi connectivity index (χ1n) is 20.3. The summed E-state index contributed by atoms with van der Waals surface area (Å²) in [6.07, 6.45) is -11.3. The van der Waals surface area contributed by atoms with Gasteiger partial charge in [-0.15, -0.1) is 0 Å². The maximum absolute atomic E-state index is 12.4. The minimum Gasteiger partial charge on any atom is -0.394 e. The van der Waals surface area contributed by atoms with E-state index in [-0.39, 0.29) is 50.9 Å². The maximum Gasteiger partial charge on any atom is 0.472 e. The number of ether oxygens (including phenoxy) is 3. The second-order valence-electron chi connectivity index (χ2n) is 15.4. The Bertz CT molecular complexity index is 3020. The molecule has 0 bridgehead atoms. The van der Waals surface area contributed by atoms with E-state index < -0.39 is 128 Å². The van der Waals surface area contributed by atoms with Crippen molar-refractivity contribution in [1.29, 1.82) is 0 Å². The van der Waals surface area contributed by atoms with E-state index in [9.17, 15) is 39.7 Å². The van der Waals surface area contributed by atoms with Crippen LogP contribution in [0.1, 0.15) is 18.7 Å². The molecule has 3 aliphatic heterocycles. The van der Waals surface area contributed by atoms with E-state index >= 15 is 0 Å². The summed E-state index contributed by atoms with van der Waals surface area (Å²) in [5.41, 5.74) is 18.7. The Kier molecular flexibility index (Phi) is 14.6. The highest BCUT2D eigenvalue weighted by atomic mass is 32.5. The zero-order valence-corrected chi connectivity index (χ0v) is 39.7. The van der Waals surface area contributed by atoms with Crippen molar-refractivity contribution in [3.05, 3.63) is 38.0 Å². The highest BCUT2D eigenvalue weighted by Gasteiger charge is 2.52. The third kappa shape index (κ3) is 10.1. The molecule has 14 N–H and O–H groups in total. The minimum absolute atomic E-state index is 0.0195. The third-order valence-electron chi connectivity index (χ3n) is 11.0. The lowest BCUT2D eigenvalue weighted by Gasteiger charge is -2.27. The molecular weight excluding hydrogens is 1040 g/mol. The van der Waals surface area contributed by atoms with Crippen LogP contribution in [0.5, 0.6) is 0 Å². The molecule has 0 amide bonds. The quantitative estimate of drug-likeness (QED) is 0.0355. The van der Waals surface area contributed by atoms with Gasteiger partial charge in [0.1, 0.15) is 90.5 Å². The molecule has 70 heavy (non-hydrogen) atoms. The second-order valence-corrected chi connectivity index (χ2v) is 22.4. The first-order chi connectivity index (χ1) is 33.3. The van der Waals surface area contributed by atoms with Crippen LogP contribution in [0.4, 0.5) is 17.5 Å². The van der Waals surface area contributed by atoms with Crippen LogP contribution in [0, 0.1) is 0 Å². The molecule has 3 aliphatic rings. The van der Waals surface area contributed by atoms with Gasteiger partial charge in [-0.25, -0.2) is 49.4 Å². The van der Waals surface area contributed by atoms with Gasteiger partial charge in [-0.1, -0.05) is 0 Å². The van der Waals surface area contributed by atoms with Crippen molar-refractivity contribution in [3.8, 4) is 0 Å². The van der Waals surface area contributed by atoms with Crippen molar-refractivity contribution >= 4 is 95.8 Å². The minimum atomic E-state index is -4.76. The molecule has 0 aromatic carbocycles.